The number of halogens is 1. The molecule has 1 fully saturated rings. The summed E-state index contributed by atoms with van der Waals surface area (Å²) in [6.07, 6.45) is 2.84. The van der Waals surface area contributed by atoms with Gasteiger partial charge in [0.1, 0.15) is 5.82 Å². The maximum atomic E-state index is 12.7. The van der Waals surface area contributed by atoms with Gasteiger partial charge in [0.2, 0.25) is 0 Å². The molecule has 0 unspecified atom stereocenters. The zero-order valence-electron chi connectivity index (χ0n) is 8.45. The van der Waals surface area contributed by atoms with Crippen LogP contribution in [0.15, 0.2) is 12.3 Å². The number of nitrogens with zero attached hydrogens (tertiary/aromatic N) is 2. The van der Waals surface area contributed by atoms with E-state index in [0.717, 1.165) is 32.6 Å². The van der Waals surface area contributed by atoms with E-state index in [-0.39, 0.29) is 0 Å². The molecule has 1 aromatic rings. The minimum atomic E-state index is -0.688. The number of hydrogen-bond donors (Lipinski definition) is 1. The van der Waals surface area contributed by atoms with Gasteiger partial charge in [0.15, 0.2) is 0 Å². The number of aromatic nitrogens is 2. The number of anilines is 1. The Labute approximate surface area is 87.9 Å². The quantitative estimate of drug-likeness (QED) is 0.769. The summed E-state index contributed by atoms with van der Waals surface area (Å²) in [5.41, 5.74) is 0. The molecule has 0 amide bonds. The van der Waals surface area contributed by atoms with Crippen LogP contribution in [0.1, 0.15) is 12.8 Å². The van der Waals surface area contributed by atoms with Crippen molar-refractivity contribution in [1.82, 2.24) is 9.97 Å². The van der Waals surface area contributed by atoms with Crippen molar-refractivity contribution in [3.8, 4) is 0 Å². The fraction of sp³-hybridized carbons (Fsp3) is 0.600. The van der Waals surface area contributed by atoms with Crippen LogP contribution < -0.4 is 5.32 Å². The van der Waals surface area contributed by atoms with Gasteiger partial charge >= 0.3 is 6.08 Å². The second kappa shape index (κ2) is 5.02. The van der Waals surface area contributed by atoms with Crippen LogP contribution in [0.5, 0.6) is 0 Å². The lowest BCUT2D eigenvalue weighted by Crippen LogP contribution is -2.23. The van der Waals surface area contributed by atoms with Crippen LogP contribution in [-0.4, -0.2) is 29.7 Å². The smallest absolute Gasteiger partial charge is 0.310 e. The van der Waals surface area contributed by atoms with Gasteiger partial charge in [-0.1, -0.05) is 0 Å². The molecule has 5 heteroatoms. The largest absolute Gasteiger partial charge is 0.381 e. The number of ether oxygens (including phenoxy) is 1. The molecule has 15 heavy (non-hydrogen) atoms. The van der Waals surface area contributed by atoms with E-state index in [4.69, 9.17) is 4.74 Å². The normalized spacial score (nSPS) is 17.7. The van der Waals surface area contributed by atoms with E-state index >= 15 is 0 Å². The molecule has 1 saturated heterocycles. The van der Waals surface area contributed by atoms with Gasteiger partial charge in [-0.05, 0) is 24.8 Å². The molecular weight excluding hydrogens is 197 g/mol. The second-order valence-corrected chi connectivity index (χ2v) is 3.65. The molecule has 0 aliphatic carbocycles. The first-order valence-corrected chi connectivity index (χ1v) is 5.15. The van der Waals surface area contributed by atoms with E-state index in [2.05, 4.69) is 15.3 Å². The highest BCUT2D eigenvalue weighted by Gasteiger charge is 2.13. The van der Waals surface area contributed by atoms with Crippen LogP contribution in [-0.2, 0) is 4.74 Å². The van der Waals surface area contributed by atoms with Crippen molar-refractivity contribution >= 4 is 5.82 Å². The van der Waals surface area contributed by atoms with Gasteiger partial charge in [-0.2, -0.15) is 9.37 Å². The molecule has 4 nitrogen and oxygen atoms in total. The molecule has 0 bridgehead atoms. The lowest BCUT2D eigenvalue weighted by molar-refractivity contribution is 0.0699. The van der Waals surface area contributed by atoms with E-state index in [1.165, 1.54) is 6.20 Å². The molecule has 2 rings (SSSR count). The van der Waals surface area contributed by atoms with Crippen molar-refractivity contribution in [3.63, 3.8) is 0 Å². The first kappa shape index (κ1) is 10.3. The van der Waals surface area contributed by atoms with Crippen molar-refractivity contribution in [1.29, 1.82) is 0 Å². The zero-order chi connectivity index (χ0) is 10.5. The fourth-order valence-electron chi connectivity index (χ4n) is 1.63. The summed E-state index contributed by atoms with van der Waals surface area (Å²) in [4.78, 5) is 7.03. The minimum absolute atomic E-state index is 0.550. The van der Waals surface area contributed by atoms with Crippen LogP contribution >= 0.6 is 0 Å². The maximum absolute atomic E-state index is 12.7. The molecule has 0 radical (unpaired) electrons. The second-order valence-electron chi connectivity index (χ2n) is 3.65. The monoisotopic (exact) mass is 211 g/mol. The Morgan fingerprint density at radius 2 is 2.27 bits per heavy atom. The Kier molecular flexibility index (Phi) is 3.45. The molecule has 1 N–H and O–H groups in total. The van der Waals surface area contributed by atoms with Gasteiger partial charge < -0.3 is 10.1 Å². The third kappa shape index (κ3) is 3.13. The van der Waals surface area contributed by atoms with E-state index < -0.39 is 6.08 Å². The van der Waals surface area contributed by atoms with E-state index in [9.17, 15) is 4.39 Å². The molecule has 1 aromatic heterocycles. The Balaban J connectivity index is 1.81. The molecule has 2 heterocycles. The molecule has 0 atom stereocenters. The lowest BCUT2D eigenvalue weighted by atomic mass is 10.0. The maximum Gasteiger partial charge on any atom is 0.310 e. The summed E-state index contributed by atoms with van der Waals surface area (Å²) in [5.74, 6) is 1.14. The van der Waals surface area contributed by atoms with Gasteiger partial charge in [0, 0.05) is 26.0 Å². The highest BCUT2D eigenvalue weighted by atomic mass is 19.1. The van der Waals surface area contributed by atoms with E-state index in [0.29, 0.717) is 11.7 Å². The van der Waals surface area contributed by atoms with Crippen LogP contribution in [0.4, 0.5) is 10.2 Å². The van der Waals surface area contributed by atoms with Crippen LogP contribution in [0.2, 0.25) is 0 Å². The SMILES string of the molecule is Fc1nccc(NCC2CCOCC2)n1. The zero-order valence-corrected chi connectivity index (χ0v) is 8.45. The van der Waals surface area contributed by atoms with Gasteiger partial charge in [-0.3, -0.25) is 0 Å². The number of nitrogens with one attached hydrogen (secondary N) is 1. The highest BCUT2D eigenvalue weighted by molar-refractivity contribution is 5.31. The average molecular weight is 211 g/mol. The van der Waals surface area contributed by atoms with Gasteiger partial charge in [0.05, 0.1) is 0 Å². The van der Waals surface area contributed by atoms with Gasteiger partial charge in [-0.25, -0.2) is 4.98 Å². The minimum Gasteiger partial charge on any atom is -0.381 e. The number of rotatable bonds is 3. The van der Waals surface area contributed by atoms with E-state index in [1.54, 1.807) is 6.07 Å². The van der Waals surface area contributed by atoms with Gasteiger partial charge in [0.25, 0.3) is 0 Å². The Morgan fingerprint density at radius 1 is 1.47 bits per heavy atom. The van der Waals surface area contributed by atoms with Crippen LogP contribution in [0.3, 0.4) is 0 Å². The van der Waals surface area contributed by atoms with Crippen molar-refractivity contribution in [2.75, 3.05) is 25.1 Å². The Hall–Kier alpha value is -1.23. The molecule has 82 valence electrons. The highest BCUT2D eigenvalue weighted by Crippen LogP contribution is 2.15. The molecular formula is C10H14FN3O. The van der Waals surface area contributed by atoms with Gasteiger partial charge in [-0.15, -0.1) is 0 Å². The Morgan fingerprint density at radius 3 is 3.00 bits per heavy atom. The summed E-state index contributed by atoms with van der Waals surface area (Å²) < 4.78 is 17.9. The van der Waals surface area contributed by atoms with Crippen LogP contribution in [0.25, 0.3) is 0 Å². The molecule has 0 spiro atoms. The Bertz CT molecular complexity index is 315. The topological polar surface area (TPSA) is 47.0 Å². The first-order chi connectivity index (χ1) is 7.34. The third-order valence-electron chi connectivity index (χ3n) is 2.54. The summed E-state index contributed by atoms with van der Waals surface area (Å²) in [6, 6.07) is 1.67. The van der Waals surface area contributed by atoms with Crippen molar-refractivity contribution < 1.29 is 9.13 Å². The predicted molar refractivity (Wildman–Crippen MR) is 54.0 cm³/mol. The predicted octanol–water partition coefficient (Wildman–Crippen LogP) is 1.45. The number of hydrogen-bond acceptors (Lipinski definition) is 4. The standard InChI is InChI=1S/C10H14FN3O/c11-10-12-4-1-9(14-10)13-7-8-2-5-15-6-3-8/h1,4,8H,2-3,5-7H2,(H,12,13,14). The fourth-order valence-corrected chi connectivity index (χ4v) is 1.63. The van der Waals surface area contributed by atoms with Crippen molar-refractivity contribution in [2.24, 2.45) is 5.92 Å². The van der Waals surface area contributed by atoms with Crippen LogP contribution in [0, 0.1) is 12.0 Å². The summed E-state index contributed by atoms with van der Waals surface area (Å²) in [6.45, 7) is 2.47. The molecule has 0 aromatic carbocycles. The lowest BCUT2D eigenvalue weighted by Gasteiger charge is -2.22. The third-order valence-corrected chi connectivity index (χ3v) is 2.54. The average Bonchev–Trinajstić information content (AvgIpc) is 2.28. The van der Waals surface area contributed by atoms with Crippen molar-refractivity contribution in [2.45, 2.75) is 12.8 Å². The van der Waals surface area contributed by atoms with E-state index in [1.807, 2.05) is 0 Å². The molecule has 1 aliphatic heterocycles. The molecule has 1 aliphatic rings. The molecule has 0 saturated carbocycles. The summed E-state index contributed by atoms with van der Waals surface area (Å²) >= 11 is 0. The summed E-state index contributed by atoms with van der Waals surface area (Å²) in [7, 11) is 0. The summed E-state index contributed by atoms with van der Waals surface area (Å²) in [5, 5.41) is 3.11. The van der Waals surface area contributed by atoms with Crippen molar-refractivity contribution in [3.05, 3.63) is 18.3 Å². The first-order valence-electron chi connectivity index (χ1n) is 5.15.